The van der Waals surface area contributed by atoms with Crippen molar-refractivity contribution in [3.05, 3.63) is 35.9 Å². The molecule has 1 aliphatic rings. The lowest BCUT2D eigenvalue weighted by atomic mass is 9.99. The molecule has 1 aromatic carbocycles. The fourth-order valence-corrected chi connectivity index (χ4v) is 3.66. The second-order valence-electron chi connectivity index (χ2n) is 8.57. The van der Waals surface area contributed by atoms with Crippen LogP contribution < -0.4 is 0 Å². The molecule has 0 aromatic heterocycles. The topological polar surface area (TPSA) is 94.5 Å². The predicted octanol–water partition coefficient (Wildman–Crippen LogP) is 2.33. The number of carbonyl (C=O) groups is 1. The van der Waals surface area contributed by atoms with E-state index < -0.39 is 45.0 Å². The SMILES string of the molecule is CO[C@H]1O[C@H](CO[Si](C)(C)C(C)(C)C)[C@H](O)[C@H](OC(=O)c2ccccc2)[C@H]1O. The highest BCUT2D eigenvalue weighted by atomic mass is 28.4. The number of ether oxygens (including phenoxy) is 3. The summed E-state index contributed by atoms with van der Waals surface area (Å²) in [5.74, 6) is -0.635. The number of esters is 1. The largest absolute Gasteiger partial charge is 0.453 e. The molecule has 1 saturated heterocycles. The number of benzene rings is 1. The number of methoxy groups -OCH3 is 1. The van der Waals surface area contributed by atoms with Crippen LogP contribution >= 0.6 is 0 Å². The van der Waals surface area contributed by atoms with Crippen LogP contribution in [0, 0.1) is 0 Å². The molecule has 0 bridgehead atoms. The molecule has 8 heteroatoms. The molecule has 1 heterocycles. The number of aliphatic hydroxyl groups excluding tert-OH is 2. The first-order valence-electron chi connectivity index (χ1n) is 9.42. The second kappa shape index (κ2) is 9.02. The van der Waals surface area contributed by atoms with Crippen LogP contribution in [0.1, 0.15) is 31.1 Å². The van der Waals surface area contributed by atoms with E-state index in [4.69, 9.17) is 18.6 Å². The molecule has 28 heavy (non-hydrogen) atoms. The van der Waals surface area contributed by atoms with E-state index in [-0.39, 0.29) is 11.6 Å². The Balaban J connectivity index is 2.13. The van der Waals surface area contributed by atoms with Crippen LogP contribution in [0.3, 0.4) is 0 Å². The summed E-state index contributed by atoms with van der Waals surface area (Å²) in [5, 5.41) is 21.2. The maximum atomic E-state index is 12.4. The van der Waals surface area contributed by atoms with Crippen LogP contribution in [-0.2, 0) is 18.6 Å². The van der Waals surface area contributed by atoms with Crippen molar-refractivity contribution in [2.45, 2.75) is 69.6 Å². The molecule has 0 saturated carbocycles. The van der Waals surface area contributed by atoms with E-state index in [1.165, 1.54) is 7.11 Å². The average Bonchev–Trinajstić information content (AvgIpc) is 2.64. The lowest BCUT2D eigenvalue weighted by molar-refractivity contribution is -0.292. The normalized spacial score (nSPS) is 28.8. The Hall–Kier alpha value is -1.29. The summed E-state index contributed by atoms with van der Waals surface area (Å²) < 4.78 is 22.4. The molecule has 2 rings (SSSR count). The molecule has 5 atom stereocenters. The van der Waals surface area contributed by atoms with Gasteiger partial charge in [-0.15, -0.1) is 0 Å². The smallest absolute Gasteiger partial charge is 0.338 e. The number of aliphatic hydroxyl groups is 2. The van der Waals surface area contributed by atoms with E-state index in [0.717, 1.165) is 0 Å². The molecule has 1 aromatic rings. The summed E-state index contributed by atoms with van der Waals surface area (Å²) in [6.07, 6.45) is -5.60. The van der Waals surface area contributed by atoms with Crippen LogP contribution in [0.25, 0.3) is 0 Å². The molecule has 0 aliphatic carbocycles. The third kappa shape index (κ3) is 5.19. The van der Waals surface area contributed by atoms with Crippen LogP contribution in [0.2, 0.25) is 18.1 Å². The van der Waals surface area contributed by atoms with Gasteiger partial charge in [0.2, 0.25) is 0 Å². The fourth-order valence-electron chi connectivity index (χ4n) is 2.65. The highest BCUT2D eigenvalue weighted by molar-refractivity contribution is 6.74. The van der Waals surface area contributed by atoms with Gasteiger partial charge in [-0.05, 0) is 30.3 Å². The van der Waals surface area contributed by atoms with E-state index in [1.807, 2.05) is 0 Å². The Kier molecular flexibility index (Phi) is 7.41. The molecular formula is C20H32O7Si. The van der Waals surface area contributed by atoms with Crippen molar-refractivity contribution < 1.29 is 33.6 Å². The van der Waals surface area contributed by atoms with Crippen LogP contribution in [0.15, 0.2) is 30.3 Å². The van der Waals surface area contributed by atoms with Crippen molar-refractivity contribution in [1.29, 1.82) is 0 Å². The third-order valence-electron chi connectivity index (χ3n) is 5.54. The Labute approximate surface area is 167 Å². The molecule has 1 aliphatic heterocycles. The van der Waals surface area contributed by atoms with E-state index in [9.17, 15) is 15.0 Å². The molecular weight excluding hydrogens is 380 g/mol. The highest BCUT2D eigenvalue weighted by Gasteiger charge is 2.48. The van der Waals surface area contributed by atoms with Crippen molar-refractivity contribution >= 4 is 14.3 Å². The van der Waals surface area contributed by atoms with E-state index in [1.54, 1.807) is 30.3 Å². The van der Waals surface area contributed by atoms with Gasteiger partial charge in [0, 0.05) is 7.11 Å². The minimum absolute atomic E-state index is 0.00797. The lowest BCUT2D eigenvalue weighted by Crippen LogP contribution is -2.61. The van der Waals surface area contributed by atoms with Crippen LogP contribution in [0.4, 0.5) is 0 Å². The molecule has 0 amide bonds. The quantitative estimate of drug-likeness (QED) is 0.547. The molecule has 0 radical (unpaired) electrons. The summed E-state index contributed by atoms with van der Waals surface area (Å²) in [6, 6.07) is 8.41. The second-order valence-corrected chi connectivity index (χ2v) is 13.4. The molecule has 2 N–H and O–H groups in total. The maximum absolute atomic E-state index is 12.4. The van der Waals surface area contributed by atoms with Crippen molar-refractivity contribution in [3.63, 3.8) is 0 Å². The summed E-state index contributed by atoms with van der Waals surface area (Å²) in [4.78, 5) is 12.4. The van der Waals surface area contributed by atoms with Gasteiger partial charge in [-0.3, -0.25) is 0 Å². The Morgan fingerprint density at radius 2 is 1.75 bits per heavy atom. The molecule has 0 spiro atoms. The predicted molar refractivity (Wildman–Crippen MR) is 106 cm³/mol. The standard InChI is InChI=1S/C20H32O7Si/c1-20(2,3)28(5,6)25-12-14-15(21)17(16(22)19(24-4)26-14)27-18(23)13-10-8-7-9-11-13/h7-11,14-17,19,21-22H,12H2,1-6H3/t14-,15+,16-,17+,19+/m1/s1. The first-order valence-corrected chi connectivity index (χ1v) is 12.3. The molecule has 158 valence electrons. The molecule has 1 fully saturated rings. The van der Waals surface area contributed by atoms with Crippen molar-refractivity contribution in [2.24, 2.45) is 0 Å². The zero-order chi connectivity index (χ0) is 21.1. The minimum atomic E-state index is -2.08. The van der Waals surface area contributed by atoms with Gasteiger partial charge in [-0.25, -0.2) is 4.79 Å². The zero-order valence-electron chi connectivity index (χ0n) is 17.4. The molecule has 0 unspecified atom stereocenters. The van der Waals surface area contributed by atoms with Gasteiger partial charge in [0.1, 0.15) is 18.3 Å². The maximum Gasteiger partial charge on any atom is 0.338 e. The Morgan fingerprint density at radius 1 is 1.14 bits per heavy atom. The van der Waals surface area contributed by atoms with Crippen molar-refractivity contribution in [2.75, 3.05) is 13.7 Å². The third-order valence-corrected chi connectivity index (χ3v) is 10.0. The minimum Gasteiger partial charge on any atom is -0.453 e. The monoisotopic (exact) mass is 412 g/mol. The van der Waals surface area contributed by atoms with Gasteiger partial charge in [0.05, 0.1) is 12.2 Å². The van der Waals surface area contributed by atoms with E-state index in [0.29, 0.717) is 5.56 Å². The fraction of sp³-hybridized carbons (Fsp3) is 0.650. The highest BCUT2D eigenvalue weighted by Crippen LogP contribution is 2.37. The van der Waals surface area contributed by atoms with Crippen LogP contribution in [-0.4, -0.2) is 68.9 Å². The summed E-state index contributed by atoms with van der Waals surface area (Å²) in [7, 11) is -0.694. The summed E-state index contributed by atoms with van der Waals surface area (Å²) >= 11 is 0. The van der Waals surface area contributed by atoms with Gasteiger partial charge in [-0.2, -0.15) is 0 Å². The number of hydrogen-bond acceptors (Lipinski definition) is 7. The lowest BCUT2D eigenvalue weighted by Gasteiger charge is -2.43. The number of rotatable bonds is 6. The van der Waals surface area contributed by atoms with Crippen LogP contribution in [0.5, 0.6) is 0 Å². The van der Waals surface area contributed by atoms with Crippen molar-refractivity contribution in [3.8, 4) is 0 Å². The van der Waals surface area contributed by atoms with E-state index >= 15 is 0 Å². The number of hydrogen-bond donors (Lipinski definition) is 2. The van der Waals surface area contributed by atoms with Gasteiger partial charge < -0.3 is 28.8 Å². The van der Waals surface area contributed by atoms with Gasteiger partial charge in [0.25, 0.3) is 0 Å². The summed E-state index contributed by atoms with van der Waals surface area (Å²) in [6.45, 7) is 10.6. The van der Waals surface area contributed by atoms with Crippen molar-refractivity contribution in [1.82, 2.24) is 0 Å². The van der Waals surface area contributed by atoms with Gasteiger partial charge in [-0.1, -0.05) is 39.0 Å². The Bertz CT molecular complexity index is 644. The number of carbonyl (C=O) groups excluding carboxylic acids is 1. The van der Waals surface area contributed by atoms with Gasteiger partial charge >= 0.3 is 5.97 Å². The molecule has 7 nitrogen and oxygen atoms in total. The Morgan fingerprint density at radius 3 is 2.29 bits per heavy atom. The average molecular weight is 413 g/mol. The van der Waals surface area contributed by atoms with E-state index in [2.05, 4.69) is 33.9 Å². The first-order chi connectivity index (χ1) is 13.0. The van der Waals surface area contributed by atoms with Gasteiger partial charge in [0.15, 0.2) is 20.7 Å². The summed E-state index contributed by atoms with van der Waals surface area (Å²) in [5.41, 5.74) is 0.330. The first kappa shape index (κ1) is 23.0. The zero-order valence-corrected chi connectivity index (χ0v) is 18.4.